The number of hydrogen-bond acceptors (Lipinski definition) is 4. The summed E-state index contributed by atoms with van der Waals surface area (Å²) < 4.78 is 10.7. The summed E-state index contributed by atoms with van der Waals surface area (Å²) in [5, 5.41) is 3.02. The van der Waals surface area contributed by atoms with Gasteiger partial charge in [-0.2, -0.15) is 0 Å². The zero-order valence-corrected chi connectivity index (χ0v) is 15.7. The van der Waals surface area contributed by atoms with E-state index in [0.717, 1.165) is 28.1 Å². The number of hydrogen-bond donors (Lipinski definition) is 1. The molecule has 1 N–H and O–H groups in total. The van der Waals surface area contributed by atoms with Crippen molar-refractivity contribution in [3.05, 3.63) is 47.0 Å². The Labute approximate surface area is 158 Å². The molecule has 1 unspecified atom stereocenters. The normalized spacial score (nSPS) is 18.1. The van der Waals surface area contributed by atoms with Crippen LogP contribution in [-0.2, 0) is 9.59 Å². The number of carbonyl (C=O) groups is 2. The average molecular weight is 366 g/mol. The summed E-state index contributed by atoms with van der Waals surface area (Å²) in [4.78, 5) is 26.9. The molecule has 4 rings (SSSR count). The van der Waals surface area contributed by atoms with Crippen LogP contribution in [0.4, 0.5) is 11.4 Å². The summed E-state index contributed by atoms with van der Waals surface area (Å²) in [5.74, 6) is 0.722. The van der Waals surface area contributed by atoms with Crippen LogP contribution in [0.5, 0.6) is 11.5 Å². The fourth-order valence-electron chi connectivity index (χ4n) is 3.79. The number of benzene rings is 2. The standard InChI is InChI=1S/C21H22N2O4/c1-12-6-13(2)20(14(3)7-12)22-21(25)15-8-19(24)23(10-15)16-4-5-17-18(9-16)27-11-26-17/h4-7,9,15H,8,10-11H2,1-3H3,(H,22,25). The molecule has 0 saturated carbocycles. The minimum atomic E-state index is -0.386. The number of rotatable bonds is 3. The van der Waals surface area contributed by atoms with Crippen LogP contribution in [-0.4, -0.2) is 25.2 Å². The molecular formula is C21H22N2O4. The summed E-state index contributed by atoms with van der Waals surface area (Å²) in [6, 6.07) is 9.48. The van der Waals surface area contributed by atoms with E-state index >= 15 is 0 Å². The van der Waals surface area contributed by atoms with E-state index in [4.69, 9.17) is 9.47 Å². The Morgan fingerprint density at radius 1 is 1.07 bits per heavy atom. The Hall–Kier alpha value is -3.02. The van der Waals surface area contributed by atoms with Gasteiger partial charge in [0.05, 0.1) is 5.92 Å². The molecule has 140 valence electrons. The monoisotopic (exact) mass is 366 g/mol. The lowest BCUT2D eigenvalue weighted by Gasteiger charge is -2.18. The number of aryl methyl sites for hydroxylation is 3. The summed E-state index contributed by atoms with van der Waals surface area (Å²) in [5.41, 5.74) is 4.77. The van der Waals surface area contributed by atoms with Gasteiger partial charge in [-0.1, -0.05) is 17.7 Å². The van der Waals surface area contributed by atoms with Gasteiger partial charge in [-0.25, -0.2) is 0 Å². The van der Waals surface area contributed by atoms with Crippen molar-refractivity contribution in [1.82, 2.24) is 0 Å². The van der Waals surface area contributed by atoms with Gasteiger partial charge in [0.15, 0.2) is 11.5 Å². The maximum absolute atomic E-state index is 12.8. The number of carbonyl (C=O) groups excluding carboxylic acids is 2. The van der Waals surface area contributed by atoms with Crippen molar-refractivity contribution in [2.75, 3.05) is 23.6 Å². The molecule has 0 bridgehead atoms. The van der Waals surface area contributed by atoms with Gasteiger partial charge in [-0.3, -0.25) is 9.59 Å². The molecule has 0 aliphatic carbocycles. The third-order valence-corrected chi connectivity index (χ3v) is 5.09. The van der Waals surface area contributed by atoms with Crippen LogP contribution < -0.4 is 19.7 Å². The molecule has 6 heteroatoms. The Morgan fingerprint density at radius 2 is 1.78 bits per heavy atom. The Bertz CT molecular complexity index is 915. The zero-order valence-electron chi connectivity index (χ0n) is 15.7. The summed E-state index contributed by atoms with van der Waals surface area (Å²) in [7, 11) is 0. The van der Waals surface area contributed by atoms with E-state index in [1.807, 2.05) is 39.0 Å². The number of ether oxygens (including phenoxy) is 2. The molecule has 1 atom stereocenters. The minimum Gasteiger partial charge on any atom is -0.454 e. The fourth-order valence-corrected chi connectivity index (χ4v) is 3.79. The van der Waals surface area contributed by atoms with Crippen LogP contribution >= 0.6 is 0 Å². The van der Waals surface area contributed by atoms with E-state index in [-0.39, 0.29) is 30.9 Å². The summed E-state index contributed by atoms with van der Waals surface area (Å²) >= 11 is 0. The topological polar surface area (TPSA) is 67.9 Å². The molecule has 1 saturated heterocycles. The van der Waals surface area contributed by atoms with Crippen LogP contribution in [0.2, 0.25) is 0 Å². The minimum absolute atomic E-state index is 0.0636. The second-order valence-electron chi connectivity index (χ2n) is 7.21. The van der Waals surface area contributed by atoms with E-state index < -0.39 is 0 Å². The highest BCUT2D eigenvalue weighted by atomic mass is 16.7. The fraction of sp³-hybridized carbons (Fsp3) is 0.333. The highest BCUT2D eigenvalue weighted by Gasteiger charge is 2.36. The van der Waals surface area contributed by atoms with Gasteiger partial charge in [-0.05, 0) is 44.0 Å². The first-order valence-electron chi connectivity index (χ1n) is 9.01. The summed E-state index contributed by atoms with van der Waals surface area (Å²) in [6.45, 7) is 6.54. The van der Waals surface area contributed by atoms with Gasteiger partial charge in [0.1, 0.15) is 0 Å². The van der Waals surface area contributed by atoms with E-state index in [1.165, 1.54) is 0 Å². The third kappa shape index (κ3) is 3.23. The van der Waals surface area contributed by atoms with Crippen molar-refractivity contribution in [1.29, 1.82) is 0 Å². The lowest BCUT2D eigenvalue weighted by Crippen LogP contribution is -2.28. The van der Waals surface area contributed by atoms with Crippen LogP contribution in [0.25, 0.3) is 0 Å². The Kier molecular flexibility index (Phi) is 4.26. The Morgan fingerprint density at radius 3 is 2.52 bits per heavy atom. The quantitative estimate of drug-likeness (QED) is 0.905. The number of fused-ring (bicyclic) bond motifs is 1. The molecule has 0 spiro atoms. The van der Waals surface area contributed by atoms with E-state index in [1.54, 1.807) is 17.0 Å². The molecule has 2 aromatic carbocycles. The van der Waals surface area contributed by atoms with Gasteiger partial charge >= 0.3 is 0 Å². The predicted molar refractivity (Wildman–Crippen MR) is 102 cm³/mol. The number of amides is 2. The molecule has 6 nitrogen and oxygen atoms in total. The lowest BCUT2D eigenvalue weighted by atomic mass is 10.0. The van der Waals surface area contributed by atoms with Gasteiger partial charge < -0.3 is 19.7 Å². The second-order valence-corrected chi connectivity index (χ2v) is 7.21. The molecule has 0 radical (unpaired) electrons. The molecule has 2 aromatic rings. The smallest absolute Gasteiger partial charge is 0.231 e. The first kappa shape index (κ1) is 17.4. The number of anilines is 2. The van der Waals surface area contributed by atoms with Gasteiger partial charge in [0, 0.05) is 30.4 Å². The second kappa shape index (κ2) is 6.61. The first-order valence-corrected chi connectivity index (χ1v) is 9.01. The van der Waals surface area contributed by atoms with Crippen molar-refractivity contribution in [2.24, 2.45) is 5.92 Å². The largest absolute Gasteiger partial charge is 0.454 e. The molecule has 1 fully saturated rings. The van der Waals surface area contributed by atoms with Gasteiger partial charge in [-0.15, -0.1) is 0 Å². The molecule has 2 aliphatic heterocycles. The van der Waals surface area contributed by atoms with Crippen molar-refractivity contribution in [2.45, 2.75) is 27.2 Å². The molecule has 27 heavy (non-hydrogen) atoms. The maximum atomic E-state index is 12.8. The van der Waals surface area contributed by atoms with Crippen LogP contribution in [0, 0.1) is 26.7 Å². The Balaban J connectivity index is 1.50. The molecule has 2 aliphatic rings. The van der Waals surface area contributed by atoms with Crippen molar-refractivity contribution in [3.8, 4) is 11.5 Å². The average Bonchev–Trinajstić information content (AvgIpc) is 3.23. The van der Waals surface area contributed by atoms with E-state index in [2.05, 4.69) is 5.32 Å². The van der Waals surface area contributed by atoms with Crippen LogP contribution in [0.15, 0.2) is 30.3 Å². The third-order valence-electron chi connectivity index (χ3n) is 5.09. The van der Waals surface area contributed by atoms with Crippen LogP contribution in [0.1, 0.15) is 23.1 Å². The lowest BCUT2D eigenvalue weighted by molar-refractivity contribution is -0.122. The van der Waals surface area contributed by atoms with Crippen molar-refractivity contribution >= 4 is 23.2 Å². The highest BCUT2D eigenvalue weighted by molar-refractivity contribution is 6.04. The predicted octanol–water partition coefficient (Wildman–Crippen LogP) is 3.33. The highest BCUT2D eigenvalue weighted by Crippen LogP contribution is 2.37. The van der Waals surface area contributed by atoms with Gasteiger partial charge in [0.25, 0.3) is 0 Å². The number of nitrogens with one attached hydrogen (secondary N) is 1. The maximum Gasteiger partial charge on any atom is 0.231 e. The van der Waals surface area contributed by atoms with Crippen LogP contribution in [0.3, 0.4) is 0 Å². The van der Waals surface area contributed by atoms with Crippen molar-refractivity contribution in [3.63, 3.8) is 0 Å². The van der Waals surface area contributed by atoms with Gasteiger partial charge in [0.2, 0.25) is 18.6 Å². The van der Waals surface area contributed by atoms with E-state index in [0.29, 0.717) is 18.0 Å². The molecule has 2 amide bonds. The SMILES string of the molecule is Cc1cc(C)c(NC(=O)C2CC(=O)N(c3ccc4c(c3)OCO4)C2)c(C)c1. The molecular weight excluding hydrogens is 344 g/mol. The van der Waals surface area contributed by atoms with Crippen molar-refractivity contribution < 1.29 is 19.1 Å². The first-order chi connectivity index (χ1) is 12.9. The zero-order chi connectivity index (χ0) is 19.1. The molecule has 0 aromatic heterocycles. The number of nitrogens with zero attached hydrogens (tertiary/aromatic N) is 1. The van der Waals surface area contributed by atoms with E-state index in [9.17, 15) is 9.59 Å². The molecule has 2 heterocycles. The summed E-state index contributed by atoms with van der Waals surface area (Å²) in [6.07, 6.45) is 0.199.